The van der Waals surface area contributed by atoms with Gasteiger partial charge in [-0.2, -0.15) is 0 Å². The molecule has 0 aliphatic heterocycles. The number of hydrogen-bond donors (Lipinski definition) is 0. The second kappa shape index (κ2) is 3.53. The molecule has 0 fully saturated rings. The number of rotatable bonds is 1. The molecule has 0 spiro atoms. The first-order valence-electron chi connectivity index (χ1n) is 3.49. The zero-order valence-electron chi connectivity index (χ0n) is 6.32. The summed E-state index contributed by atoms with van der Waals surface area (Å²) in [5.41, 5.74) is 3.00. The Hall–Kier alpha value is 0.167. The predicted octanol–water partition coefficient (Wildman–Crippen LogP) is 1.47. The van der Waals surface area contributed by atoms with Crippen LogP contribution in [0.3, 0.4) is 0 Å². The average molecular weight is 262 g/mol. The molecule has 2 heteroatoms. The second-order valence-corrected chi connectivity index (χ2v) is 4.25. The number of hydrogen-bond acceptors (Lipinski definition) is 0. The molecule has 1 aromatic carbocycles. The van der Waals surface area contributed by atoms with Crippen LogP contribution in [0.15, 0.2) is 18.2 Å². The van der Waals surface area contributed by atoms with Crippen molar-refractivity contribution in [3.8, 4) is 0 Å². The van der Waals surface area contributed by atoms with Crippen LogP contribution in [0.4, 0.5) is 0 Å². The van der Waals surface area contributed by atoms with Gasteiger partial charge in [0.25, 0.3) is 0 Å². The summed E-state index contributed by atoms with van der Waals surface area (Å²) in [4.78, 5) is 0. The van der Waals surface area contributed by atoms with E-state index in [9.17, 15) is 0 Å². The molecule has 0 aromatic heterocycles. The Kier molecular flexibility index (Phi) is 2.91. The van der Waals surface area contributed by atoms with E-state index in [1.54, 1.807) is 0 Å². The molecular weight excluding hydrogens is 251 g/mol. The summed E-state index contributed by atoms with van der Waals surface area (Å²) in [7, 11) is 1.27. The summed E-state index contributed by atoms with van der Waals surface area (Å²) in [6, 6.07) is 7.81. The molecule has 0 nitrogen and oxygen atoms in total. The molecule has 0 bridgehead atoms. The van der Waals surface area contributed by atoms with Crippen molar-refractivity contribution in [2.24, 2.45) is 0 Å². The van der Waals surface area contributed by atoms with Gasteiger partial charge in [-0.05, 0) is 52.8 Å². The van der Waals surface area contributed by atoms with E-state index in [0.717, 1.165) is 0 Å². The molecule has 0 saturated carbocycles. The zero-order chi connectivity index (χ0) is 7.56. The highest BCUT2D eigenvalue weighted by atomic mass is 127. The van der Waals surface area contributed by atoms with E-state index >= 15 is 0 Å². The zero-order valence-corrected chi connectivity index (χ0v) is 10.5. The van der Waals surface area contributed by atoms with Crippen molar-refractivity contribution < 1.29 is 0 Å². The second-order valence-electron chi connectivity index (χ2n) is 2.38. The SMILES string of the molecule is Cc1c(I)cccc1C[SiH3]. The van der Waals surface area contributed by atoms with Crippen LogP contribution in [0.1, 0.15) is 11.1 Å². The van der Waals surface area contributed by atoms with Crippen LogP contribution in [0.25, 0.3) is 0 Å². The minimum Gasteiger partial charge on any atom is -0.0609 e. The van der Waals surface area contributed by atoms with Gasteiger partial charge in [-0.1, -0.05) is 12.1 Å². The Labute approximate surface area is 78.6 Å². The molecule has 0 aliphatic carbocycles. The molecule has 0 atom stereocenters. The molecule has 0 saturated heterocycles. The Morgan fingerprint density at radius 2 is 2.20 bits per heavy atom. The van der Waals surface area contributed by atoms with Crippen LogP contribution < -0.4 is 0 Å². The quantitative estimate of drug-likeness (QED) is 0.531. The van der Waals surface area contributed by atoms with Crippen LogP contribution >= 0.6 is 22.6 Å². The third-order valence-electron chi connectivity index (χ3n) is 1.76. The van der Waals surface area contributed by atoms with Crippen LogP contribution in [0, 0.1) is 10.5 Å². The fraction of sp³-hybridized carbons (Fsp3) is 0.250. The van der Waals surface area contributed by atoms with E-state index < -0.39 is 0 Å². The molecular formula is C8H11ISi. The molecule has 0 amide bonds. The van der Waals surface area contributed by atoms with Gasteiger partial charge in [-0.15, -0.1) is 0 Å². The van der Waals surface area contributed by atoms with Gasteiger partial charge in [0.1, 0.15) is 0 Å². The Balaban J connectivity index is 3.14. The molecule has 1 aromatic rings. The van der Waals surface area contributed by atoms with Crippen molar-refractivity contribution in [2.45, 2.75) is 13.0 Å². The van der Waals surface area contributed by atoms with Crippen molar-refractivity contribution in [1.82, 2.24) is 0 Å². The minimum atomic E-state index is 1.27. The van der Waals surface area contributed by atoms with E-state index in [2.05, 4.69) is 47.7 Å². The lowest BCUT2D eigenvalue weighted by molar-refractivity contribution is 1.28. The van der Waals surface area contributed by atoms with Gasteiger partial charge in [0.15, 0.2) is 0 Å². The fourth-order valence-electron chi connectivity index (χ4n) is 1.04. The van der Waals surface area contributed by atoms with Gasteiger partial charge in [0.05, 0.1) is 0 Å². The summed E-state index contributed by atoms with van der Waals surface area (Å²) in [6.45, 7) is 2.20. The molecule has 0 aliphatic rings. The van der Waals surface area contributed by atoms with Gasteiger partial charge < -0.3 is 0 Å². The molecule has 0 N–H and O–H groups in total. The third kappa shape index (κ3) is 1.60. The maximum absolute atomic E-state index is 2.39. The number of halogens is 1. The smallest absolute Gasteiger partial charge is 0.0162 e. The van der Waals surface area contributed by atoms with E-state index in [-0.39, 0.29) is 0 Å². The Morgan fingerprint density at radius 3 is 2.70 bits per heavy atom. The molecule has 54 valence electrons. The highest BCUT2D eigenvalue weighted by Gasteiger charge is 1.96. The molecule has 0 unspecified atom stereocenters. The molecule has 1 rings (SSSR count). The predicted molar refractivity (Wildman–Crippen MR) is 57.5 cm³/mol. The summed E-state index contributed by atoms with van der Waals surface area (Å²) in [5.74, 6) is 0. The lowest BCUT2D eigenvalue weighted by Gasteiger charge is -2.02. The molecule has 0 radical (unpaired) electrons. The number of benzene rings is 1. The Bertz CT molecular complexity index is 233. The summed E-state index contributed by atoms with van der Waals surface area (Å²) >= 11 is 2.39. The van der Waals surface area contributed by atoms with Gasteiger partial charge >= 0.3 is 0 Å². The normalized spacial score (nSPS) is 10.2. The van der Waals surface area contributed by atoms with E-state index in [4.69, 9.17) is 0 Å². The Morgan fingerprint density at radius 1 is 1.50 bits per heavy atom. The third-order valence-corrected chi connectivity index (χ3v) is 3.69. The van der Waals surface area contributed by atoms with Crippen molar-refractivity contribution >= 4 is 32.8 Å². The lowest BCUT2D eigenvalue weighted by Crippen LogP contribution is -1.90. The maximum atomic E-state index is 2.39. The summed E-state index contributed by atoms with van der Waals surface area (Å²) in [5, 5.41) is 0. The van der Waals surface area contributed by atoms with E-state index in [1.807, 2.05) is 0 Å². The average Bonchev–Trinajstić information content (AvgIpc) is 1.95. The molecule has 10 heavy (non-hydrogen) atoms. The van der Waals surface area contributed by atoms with Crippen molar-refractivity contribution in [2.75, 3.05) is 0 Å². The first-order chi connectivity index (χ1) is 4.75. The largest absolute Gasteiger partial charge is 0.0609 e. The van der Waals surface area contributed by atoms with Crippen LogP contribution in [-0.2, 0) is 6.04 Å². The lowest BCUT2D eigenvalue weighted by atomic mass is 10.1. The monoisotopic (exact) mass is 262 g/mol. The minimum absolute atomic E-state index is 1.27. The van der Waals surface area contributed by atoms with E-state index in [1.165, 1.54) is 31.0 Å². The first-order valence-corrected chi connectivity index (χ1v) is 5.99. The van der Waals surface area contributed by atoms with Crippen LogP contribution in [0.2, 0.25) is 0 Å². The highest BCUT2D eigenvalue weighted by Crippen LogP contribution is 2.14. The highest BCUT2D eigenvalue weighted by molar-refractivity contribution is 14.1. The summed E-state index contributed by atoms with van der Waals surface area (Å²) < 4.78 is 1.39. The van der Waals surface area contributed by atoms with Crippen molar-refractivity contribution in [3.63, 3.8) is 0 Å². The van der Waals surface area contributed by atoms with Crippen LogP contribution in [0.5, 0.6) is 0 Å². The molecule has 0 heterocycles. The standard InChI is InChI=1S/C8H11ISi/c1-6-7(5-10)3-2-4-8(6)9/h2-4H,5H2,1,10H3. The van der Waals surface area contributed by atoms with Crippen LogP contribution in [-0.4, -0.2) is 10.2 Å². The summed E-state index contributed by atoms with van der Waals surface area (Å²) in [6.07, 6.45) is 0. The van der Waals surface area contributed by atoms with Gasteiger partial charge in [0, 0.05) is 13.8 Å². The van der Waals surface area contributed by atoms with Gasteiger partial charge in [-0.25, -0.2) is 0 Å². The van der Waals surface area contributed by atoms with E-state index in [0.29, 0.717) is 0 Å². The van der Waals surface area contributed by atoms with Gasteiger partial charge in [-0.3, -0.25) is 0 Å². The maximum Gasteiger partial charge on any atom is 0.0162 e. The van der Waals surface area contributed by atoms with Crippen molar-refractivity contribution in [3.05, 3.63) is 32.9 Å². The van der Waals surface area contributed by atoms with Crippen molar-refractivity contribution in [1.29, 1.82) is 0 Å². The fourth-order valence-corrected chi connectivity index (χ4v) is 2.36. The topological polar surface area (TPSA) is 0 Å². The first kappa shape index (κ1) is 8.27. The van der Waals surface area contributed by atoms with Gasteiger partial charge in [0.2, 0.25) is 0 Å².